The molecule has 2 saturated carbocycles. The first-order valence-electron chi connectivity index (χ1n) is 6.92. The van der Waals surface area contributed by atoms with Crippen LogP contribution in [0.3, 0.4) is 0 Å². The maximum absolute atomic E-state index is 10.4. The van der Waals surface area contributed by atoms with Gasteiger partial charge < -0.3 is 5.11 Å². The van der Waals surface area contributed by atoms with Gasteiger partial charge in [-0.3, -0.25) is 0 Å². The van der Waals surface area contributed by atoms with Crippen LogP contribution < -0.4 is 0 Å². The van der Waals surface area contributed by atoms with Gasteiger partial charge in [0.15, 0.2) is 0 Å². The normalized spacial score (nSPS) is 47.1. The van der Waals surface area contributed by atoms with Crippen LogP contribution in [0.5, 0.6) is 0 Å². The van der Waals surface area contributed by atoms with Crippen LogP contribution in [-0.4, -0.2) is 10.7 Å². The Balaban J connectivity index is 2.04. The molecule has 0 saturated heterocycles. The average Bonchev–Trinajstić information content (AvgIpc) is 2.08. The maximum atomic E-state index is 10.4. The molecule has 0 aromatic rings. The Hall–Kier alpha value is -0.0400. The van der Waals surface area contributed by atoms with Crippen molar-refractivity contribution in [3.8, 4) is 0 Å². The van der Waals surface area contributed by atoms with E-state index in [1.165, 1.54) is 19.3 Å². The van der Waals surface area contributed by atoms with Crippen molar-refractivity contribution in [2.75, 3.05) is 0 Å². The third-order valence-corrected chi connectivity index (χ3v) is 5.71. The minimum atomic E-state index is -0.351. The molecule has 0 aromatic heterocycles. The molecule has 1 spiro atoms. The first-order chi connectivity index (χ1) is 7.19. The van der Waals surface area contributed by atoms with Crippen LogP contribution in [-0.2, 0) is 0 Å². The van der Waals surface area contributed by atoms with Gasteiger partial charge in [-0.1, -0.05) is 34.6 Å². The molecular formula is C15H28O. The summed E-state index contributed by atoms with van der Waals surface area (Å²) in [7, 11) is 0. The molecule has 2 fully saturated rings. The number of hydrogen-bond acceptors (Lipinski definition) is 1. The number of hydrogen-bond donors (Lipinski definition) is 1. The Labute approximate surface area is 101 Å². The molecule has 1 nitrogen and oxygen atoms in total. The third kappa shape index (κ3) is 1.81. The van der Waals surface area contributed by atoms with Crippen LogP contribution in [0.4, 0.5) is 0 Å². The standard InChI is InChI=1S/C15H28O/c1-11(2)15(16)9-14(10-15)7-6-12(3)13(4,5)8-14/h11-12,16H,6-10H2,1-5H3/t12-,14?,15?/m1/s1. The zero-order chi connectivity index (χ0) is 12.2. The fraction of sp³-hybridized carbons (Fsp3) is 1.00. The molecular weight excluding hydrogens is 196 g/mol. The number of aliphatic hydroxyl groups is 1. The van der Waals surface area contributed by atoms with Crippen LogP contribution in [0.15, 0.2) is 0 Å². The third-order valence-electron chi connectivity index (χ3n) is 5.71. The van der Waals surface area contributed by atoms with E-state index in [0.717, 1.165) is 18.8 Å². The van der Waals surface area contributed by atoms with Crippen molar-refractivity contribution >= 4 is 0 Å². The Morgan fingerprint density at radius 1 is 1.12 bits per heavy atom. The summed E-state index contributed by atoms with van der Waals surface area (Å²) in [6.07, 6.45) is 6.10. The summed E-state index contributed by atoms with van der Waals surface area (Å²) < 4.78 is 0. The highest BCUT2D eigenvalue weighted by Crippen LogP contribution is 2.63. The van der Waals surface area contributed by atoms with Gasteiger partial charge in [-0.2, -0.15) is 0 Å². The van der Waals surface area contributed by atoms with Gasteiger partial charge in [0.1, 0.15) is 0 Å². The first kappa shape index (κ1) is 12.4. The van der Waals surface area contributed by atoms with Gasteiger partial charge in [-0.25, -0.2) is 0 Å². The molecule has 94 valence electrons. The van der Waals surface area contributed by atoms with Crippen LogP contribution in [0.2, 0.25) is 0 Å². The largest absolute Gasteiger partial charge is 0.390 e. The van der Waals surface area contributed by atoms with E-state index in [4.69, 9.17) is 0 Å². The molecule has 1 heteroatoms. The molecule has 0 bridgehead atoms. The molecule has 2 aliphatic rings. The van der Waals surface area contributed by atoms with Gasteiger partial charge in [0.25, 0.3) is 0 Å². The molecule has 0 heterocycles. The SMILES string of the molecule is CC(C)C1(O)CC2(CC[C@@H](C)C(C)(C)C2)C1. The van der Waals surface area contributed by atoms with E-state index < -0.39 is 0 Å². The average molecular weight is 224 g/mol. The van der Waals surface area contributed by atoms with Crippen molar-refractivity contribution in [2.45, 2.75) is 72.3 Å². The Morgan fingerprint density at radius 3 is 2.12 bits per heavy atom. The highest BCUT2D eigenvalue weighted by Gasteiger charge is 2.58. The van der Waals surface area contributed by atoms with Gasteiger partial charge in [0, 0.05) is 0 Å². The van der Waals surface area contributed by atoms with E-state index in [0.29, 0.717) is 16.7 Å². The highest BCUT2D eigenvalue weighted by molar-refractivity contribution is 5.09. The fourth-order valence-corrected chi connectivity index (χ4v) is 4.10. The summed E-state index contributed by atoms with van der Waals surface area (Å²) in [6.45, 7) is 11.5. The maximum Gasteiger partial charge on any atom is 0.0681 e. The summed E-state index contributed by atoms with van der Waals surface area (Å²) in [6, 6.07) is 0. The molecule has 0 radical (unpaired) electrons. The predicted octanol–water partition coefficient (Wildman–Crippen LogP) is 4.00. The lowest BCUT2D eigenvalue weighted by atomic mass is 9.46. The van der Waals surface area contributed by atoms with Gasteiger partial charge in [-0.15, -0.1) is 0 Å². The van der Waals surface area contributed by atoms with Gasteiger partial charge in [0.2, 0.25) is 0 Å². The number of rotatable bonds is 1. The second kappa shape index (κ2) is 3.48. The Morgan fingerprint density at radius 2 is 1.69 bits per heavy atom. The van der Waals surface area contributed by atoms with Gasteiger partial charge in [0.05, 0.1) is 5.60 Å². The topological polar surface area (TPSA) is 20.2 Å². The van der Waals surface area contributed by atoms with Crippen molar-refractivity contribution in [1.82, 2.24) is 0 Å². The molecule has 1 atom stereocenters. The van der Waals surface area contributed by atoms with E-state index in [-0.39, 0.29) is 5.60 Å². The van der Waals surface area contributed by atoms with E-state index >= 15 is 0 Å². The minimum absolute atomic E-state index is 0.351. The second-order valence-corrected chi connectivity index (χ2v) is 7.72. The Kier molecular flexibility index (Phi) is 2.70. The lowest BCUT2D eigenvalue weighted by molar-refractivity contribution is -0.187. The molecule has 16 heavy (non-hydrogen) atoms. The summed E-state index contributed by atoms with van der Waals surface area (Å²) in [5.74, 6) is 1.26. The second-order valence-electron chi connectivity index (χ2n) is 7.72. The zero-order valence-corrected chi connectivity index (χ0v) is 11.6. The molecule has 0 unspecified atom stereocenters. The van der Waals surface area contributed by atoms with E-state index in [1.54, 1.807) is 0 Å². The van der Waals surface area contributed by atoms with E-state index in [2.05, 4.69) is 34.6 Å². The summed E-state index contributed by atoms with van der Waals surface area (Å²) in [4.78, 5) is 0. The van der Waals surface area contributed by atoms with Crippen molar-refractivity contribution in [2.24, 2.45) is 22.7 Å². The van der Waals surface area contributed by atoms with Crippen molar-refractivity contribution in [3.05, 3.63) is 0 Å². The van der Waals surface area contributed by atoms with Crippen LogP contribution in [0, 0.1) is 22.7 Å². The summed E-state index contributed by atoms with van der Waals surface area (Å²) in [5, 5.41) is 10.4. The highest BCUT2D eigenvalue weighted by atomic mass is 16.3. The van der Waals surface area contributed by atoms with E-state index in [1.807, 2.05) is 0 Å². The zero-order valence-electron chi connectivity index (χ0n) is 11.6. The van der Waals surface area contributed by atoms with Crippen molar-refractivity contribution in [1.29, 1.82) is 0 Å². The smallest absolute Gasteiger partial charge is 0.0681 e. The molecule has 0 aromatic carbocycles. The van der Waals surface area contributed by atoms with Gasteiger partial charge in [-0.05, 0) is 54.8 Å². The molecule has 2 rings (SSSR count). The summed E-state index contributed by atoms with van der Waals surface area (Å²) in [5.41, 5.74) is 0.599. The van der Waals surface area contributed by atoms with Crippen molar-refractivity contribution < 1.29 is 5.11 Å². The fourth-order valence-electron chi connectivity index (χ4n) is 4.10. The minimum Gasteiger partial charge on any atom is -0.390 e. The van der Waals surface area contributed by atoms with Gasteiger partial charge >= 0.3 is 0 Å². The first-order valence-corrected chi connectivity index (χ1v) is 6.92. The Bertz CT molecular complexity index is 271. The summed E-state index contributed by atoms with van der Waals surface area (Å²) >= 11 is 0. The lowest BCUT2D eigenvalue weighted by Gasteiger charge is -2.61. The lowest BCUT2D eigenvalue weighted by Crippen LogP contribution is -2.58. The van der Waals surface area contributed by atoms with Crippen LogP contribution in [0.25, 0.3) is 0 Å². The van der Waals surface area contributed by atoms with E-state index in [9.17, 15) is 5.11 Å². The monoisotopic (exact) mass is 224 g/mol. The van der Waals surface area contributed by atoms with Crippen molar-refractivity contribution in [3.63, 3.8) is 0 Å². The quantitative estimate of drug-likeness (QED) is 0.714. The predicted molar refractivity (Wildman–Crippen MR) is 68.3 cm³/mol. The molecule has 1 N–H and O–H groups in total. The molecule has 0 amide bonds. The molecule has 2 aliphatic carbocycles. The van der Waals surface area contributed by atoms with Crippen LogP contribution >= 0.6 is 0 Å². The molecule has 0 aliphatic heterocycles. The van der Waals surface area contributed by atoms with Crippen LogP contribution in [0.1, 0.15) is 66.7 Å².